The van der Waals surface area contributed by atoms with Crippen LogP contribution in [0.15, 0.2) is 12.7 Å². The van der Waals surface area contributed by atoms with Crippen molar-refractivity contribution < 1.29 is 0 Å². The molecule has 1 heteroatoms. The number of nitrogens with one attached hydrogen (secondary N) is 1. The Bertz CT molecular complexity index is 165. The standard InChI is InChI=1S/C16H33N/c1-5-9-11-13-16(17-14-7-3)15(8-4)12-10-6-2/h5,15-17H,1,6-14H2,2-4H3. The first-order valence-electron chi connectivity index (χ1n) is 7.64. The Hall–Kier alpha value is -0.300. The Balaban J connectivity index is 4.12. The van der Waals surface area contributed by atoms with Gasteiger partial charge in [0.2, 0.25) is 0 Å². The smallest absolute Gasteiger partial charge is 0.00953 e. The van der Waals surface area contributed by atoms with E-state index in [-0.39, 0.29) is 0 Å². The summed E-state index contributed by atoms with van der Waals surface area (Å²) < 4.78 is 0. The van der Waals surface area contributed by atoms with Gasteiger partial charge in [-0.15, -0.1) is 6.58 Å². The predicted molar refractivity (Wildman–Crippen MR) is 79.4 cm³/mol. The van der Waals surface area contributed by atoms with Crippen molar-refractivity contribution in [1.29, 1.82) is 0 Å². The third kappa shape index (κ3) is 8.43. The van der Waals surface area contributed by atoms with Gasteiger partial charge >= 0.3 is 0 Å². The number of unbranched alkanes of at least 4 members (excludes halogenated alkanes) is 2. The summed E-state index contributed by atoms with van der Waals surface area (Å²) in [4.78, 5) is 0. The number of hydrogen-bond donors (Lipinski definition) is 1. The molecule has 2 unspecified atom stereocenters. The minimum absolute atomic E-state index is 0.728. The van der Waals surface area contributed by atoms with Crippen molar-refractivity contribution in [1.82, 2.24) is 5.32 Å². The molecule has 102 valence electrons. The molecule has 0 aromatic rings. The third-order valence-corrected chi connectivity index (χ3v) is 3.60. The molecule has 0 amide bonds. The summed E-state index contributed by atoms with van der Waals surface area (Å²) in [6.07, 6.45) is 12.5. The van der Waals surface area contributed by atoms with Gasteiger partial charge in [-0.3, -0.25) is 0 Å². The van der Waals surface area contributed by atoms with Gasteiger partial charge < -0.3 is 5.32 Å². The van der Waals surface area contributed by atoms with Crippen LogP contribution in [0.3, 0.4) is 0 Å². The van der Waals surface area contributed by atoms with Gasteiger partial charge in [-0.1, -0.05) is 46.1 Å². The molecule has 1 N–H and O–H groups in total. The molecule has 0 saturated carbocycles. The summed E-state index contributed by atoms with van der Waals surface area (Å²) >= 11 is 0. The highest BCUT2D eigenvalue weighted by atomic mass is 14.9. The molecule has 0 saturated heterocycles. The normalized spacial score (nSPS) is 14.5. The van der Waals surface area contributed by atoms with Gasteiger partial charge in [-0.05, 0) is 44.6 Å². The van der Waals surface area contributed by atoms with Crippen molar-refractivity contribution in [3.8, 4) is 0 Å². The topological polar surface area (TPSA) is 12.0 Å². The van der Waals surface area contributed by atoms with Crippen LogP contribution in [-0.4, -0.2) is 12.6 Å². The molecule has 2 atom stereocenters. The maximum absolute atomic E-state index is 3.81. The average molecular weight is 239 g/mol. The van der Waals surface area contributed by atoms with E-state index in [4.69, 9.17) is 0 Å². The first kappa shape index (κ1) is 16.7. The zero-order valence-electron chi connectivity index (χ0n) is 12.3. The lowest BCUT2D eigenvalue weighted by Gasteiger charge is -2.27. The van der Waals surface area contributed by atoms with Gasteiger partial charge in [-0.2, -0.15) is 0 Å². The van der Waals surface area contributed by atoms with Crippen molar-refractivity contribution in [2.75, 3.05) is 6.54 Å². The highest BCUT2D eigenvalue weighted by molar-refractivity contribution is 4.77. The maximum atomic E-state index is 3.81. The minimum Gasteiger partial charge on any atom is -0.314 e. The summed E-state index contributed by atoms with van der Waals surface area (Å²) in [7, 11) is 0. The second kappa shape index (κ2) is 12.2. The van der Waals surface area contributed by atoms with Crippen molar-refractivity contribution in [2.45, 2.75) is 78.2 Å². The van der Waals surface area contributed by atoms with Crippen LogP contribution in [0.25, 0.3) is 0 Å². The molecule has 17 heavy (non-hydrogen) atoms. The quantitative estimate of drug-likeness (QED) is 0.376. The summed E-state index contributed by atoms with van der Waals surface area (Å²) in [6.45, 7) is 11.9. The molecule has 0 aromatic carbocycles. The summed E-state index contributed by atoms with van der Waals surface area (Å²) in [5.41, 5.74) is 0. The fraction of sp³-hybridized carbons (Fsp3) is 0.875. The zero-order chi connectivity index (χ0) is 12.9. The first-order valence-corrected chi connectivity index (χ1v) is 7.64. The maximum Gasteiger partial charge on any atom is 0.00953 e. The second-order valence-corrected chi connectivity index (χ2v) is 5.09. The van der Waals surface area contributed by atoms with Gasteiger partial charge in [-0.25, -0.2) is 0 Å². The lowest BCUT2D eigenvalue weighted by molar-refractivity contribution is 0.299. The van der Waals surface area contributed by atoms with Gasteiger partial charge in [0.15, 0.2) is 0 Å². The largest absolute Gasteiger partial charge is 0.314 e. The summed E-state index contributed by atoms with van der Waals surface area (Å²) in [5.74, 6) is 0.867. The Morgan fingerprint density at radius 1 is 1.06 bits per heavy atom. The molecule has 0 fully saturated rings. The summed E-state index contributed by atoms with van der Waals surface area (Å²) in [6, 6.07) is 0.728. The van der Waals surface area contributed by atoms with Crippen molar-refractivity contribution in [2.24, 2.45) is 5.92 Å². The van der Waals surface area contributed by atoms with Crippen LogP contribution < -0.4 is 5.32 Å². The highest BCUT2D eigenvalue weighted by Crippen LogP contribution is 2.21. The van der Waals surface area contributed by atoms with E-state index in [1.807, 2.05) is 6.08 Å². The predicted octanol–water partition coefficient (Wildman–Crippen LogP) is 4.93. The van der Waals surface area contributed by atoms with Crippen LogP contribution in [0.2, 0.25) is 0 Å². The number of rotatable bonds is 12. The Morgan fingerprint density at radius 2 is 1.82 bits per heavy atom. The van der Waals surface area contributed by atoms with Crippen LogP contribution in [0.4, 0.5) is 0 Å². The first-order chi connectivity index (χ1) is 8.29. The van der Waals surface area contributed by atoms with Gasteiger partial charge in [0.1, 0.15) is 0 Å². The van der Waals surface area contributed by atoms with Crippen molar-refractivity contribution in [3.63, 3.8) is 0 Å². The Kier molecular flexibility index (Phi) is 12.0. The molecular weight excluding hydrogens is 206 g/mol. The molecule has 0 aliphatic rings. The molecule has 1 nitrogen and oxygen atoms in total. The van der Waals surface area contributed by atoms with E-state index in [0.717, 1.165) is 18.4 Å². The Labute approximate surface area is 109 Å². The fourth-order valence-corrected chi connectivity index (χ4v) is 2.47. The molecule has 0 heterocycles. The molecule has 0 aromatic heterocycles. The van der Waals surface area contributed by atoms with Crippen LogP contribution in [0.1, 0.15) is 72.1 Å². The average Bonchev–Trinajstić information content (AvgIpc) is 2.36. The Morgan fingerprint density at radius 3 is 2.35 bits per heavy atom. The van der Waals surface area contributed by atoms with Gasteiger partial charge in [0.25, 0.3) is 0 Å². The number of hydrogen-bond acceptors (Lipinski definition) is 1. The SMILES string of the molecule is C=CCCCC(NCCC)C(CC)CCCC. The van der Waals surface area contributed by atoms with E-state index in [9.17, 15) is 0 Å². The molecule has 0 aliphatic carbocycles. The molecule has 0 bridgehead atoms. The van der Waals surface area contributed by atoms with Gasteiger partial charge in [0.05, 0.1) is 0 Å². The molecular formula is C16H33N. The van der Waals surface area contributed by atoms with Crippen LogP contribution in [0, 0.1) is 5.92 Å². The van der Waals surface area contributed by atoms with E-state index < -0.39 is 0 Å². The van der Waals surface area contributed by atoms with E-state index >= 15 is 0 Å². The van der Waals surface area contributed by atoms with E-state index in [0.29, 0.717) is 0 Å². The van der Waals surface area contributed by atoms with E-state index in [2.05, 4.69) is 32.7 Å². The van der Waals surface area contributed by atoms with Crippen LogP contribution in [0.5, 0.6) is 0 Å². The lowest BCUT2D eigenvalue weighted by atomic mass is 9.88. The van der Waals surface area contributed by atoms with Crippen molar-refractivity contribution >= 4 is 0 Å². The van der Waals surface area contributed by atoms with Crippen molar-refractivity contribution in [3.05, 3.63) is 12.7 Å². The molecule has 0 radical (unpaired) electrons. The van der Waals surface area contributed by atoms with Gasteiger partial charge in [0, 0.05) is 6.04 Å². The van der Waals surface area contributed by atoms with Crippen LogP contribution in [-0.2, 0) is 0 Å². The number of allylic oxidation sites excluding steroid dienone is 1. The zero-order valence-corrected chi connectivity index (χ0v) is 12.3. The van der Waals surface area contributed by atoms with E-state index in [1.54, 1.807) is 0 Å². The monoisotopic (exact) mass is 239 g/mol. The molecule has 0 spiro atoms. The van der Waals surface area contributed by atoms with Crippen LogP contribution >= 0.6 is 0 Å². The highest BCUT2D eigenvalue weighted by Gasteiger charge is 2.18. The lowest BCUT2D eigenvalue weighted by Crippen LogP contribution is -2.36. The third-order valence-electron chi connectivity index (χ3n) is 3.60. The minimum atomic E-state index is 0.728. The summed E-state index contributed by atoms with van der Waals surface area (Å²) in [5, 5.41) is 3.75. The van der Waals surface area contributed by atoms with E-state index in [1.165, 1.54) is 51.5 Å². The second-order valence-electron chi connectivity index (χ2n) is 5.09. The molecule has 0 rings (SSSR count). The molecule has 0 aliphatic heterocycles. The fourth-order valence-electron chi connectivity index (χ4n) is 2.47.